The Morgan fingerprint density at radius 2 is 1.80 bits per heavy atom. The summed E-state index contributed by atoms with van der Waals surface area (Å²) in [7, 11) is 1.63. The number of aliphatic imine (C=N–C) groups is 1. The lowest BCUT2D eigenvalue weighted by atomic mass is 9.88. The van der Waals surface area contributed by atoms with Gasteiger partial charge in [-0.25, -0.2) is 10.0 Å². The first-order valence-corrected chi connectivity index (χ1v) is 10.2. The fourth-order valence-corrected chi connectivity index (χ4v) is 4.15. The molecule has 7 nitrogen and oxygen atoms in total. The van der Waals surface area contributed by atoms with E-state index in [9.17, 15) is 9.59 Å². The minimum Gasteiger partial charge on any atom is -0.497 e. The van der Waals surface area contributed by atoms with Crippen LogP contribution < -0.4 is 20.5 Å². The number of methoxy groups -OCH3 is 1. The zero-order chi connectivity index (χ0) is 21.1. The predicted octanol–water partition coefficient (Wildman–Crippen LogP) is 2.92. The number of hydrogen-bond donors (Lipinski definition) is 2. The Morgan fingerprint density at radius 3 is 2.43 bits per heavy atom. The van der Waals surface area contributed by atoms with Crippen LogP contribution in [0.15, 0.2) is 59.6 Å². The first-order valence-electron chi connectivity index (χ1n) is 10.2. The number of nitrogens with one attached hydrogen (secondary N) is 2. The largest absolute Gasteiger partial charge is 0.497 e. The fraction of sp³-hybridized carbons (Fsp3) is 0.348. The lowest BCUT2D eigenvalue weighted by molar-refractivity contribution is -0.120. The van der Waals surface area contributed by atoms with Gasteiger partial charge in [0.2, 0.25) is 5.84 Å². The first kappa shape index (κ1) is 19.9. The van der Waals surface area contributed by atoms with Gasteiger partial charge in [-0.2, -0.15) is 0 Å². The molecule has 2 aliphatic rings. The molecule has 0 spiro atoms. The average molecular weight is 406 g/mol. The Kier molecular flexibility index (Phi) is 5.44. The number of carbonyl (C=O) groups is 2. The molecular weight excluding hydrogens is 380 g/mol. The van der Waals surface area contributed by atoms with Gasteiger partial charge in [0.05, 0.1) is 18.3 Å². The molecule has 2 N–H and O–H groups in total. The van der Waals surface area contributed by atoms with E-state index in [1.165, 1.54) is 5.01 Å². The van der Waals surface area contributed by atoms with Crippen LogP contribution in [0.2, 0.25) is 0 Å². The molecule has 1 aliphatic heterocycles. The summed E-state index contributed by atoms with van der Waals surface area (Å²) in [5.41, 5.74) is 4.18. The number of carbonyl (C=O) groups excluding carboxylic acids is 2. The monoisotopic (exact) mass is 406 g/mol. The predicted molar refractivity (Wildman–Crippen MR) is 115 cm³/mol. The van der Waals surface area contributed by atoms with E-state index in [0.29, 0.717) is 5.69 Å². The molecule has 7 heteroatoms. The van der Waals surface area contributed by atoms with Crippen molar-refractivity contribution in [2.75, 3.05) is 12.1 Å². The van der Waals surface area contributed by atoms with Crippen molar-refractivity contribution in [2.45, 2.75) is 44.2 Å². The number of amidine groups is 1. The summed E-state index contributed by atoms with van der Waals surface area (Å²) < 4.78 is 5.26. The third-order valence-corrected chi connectivity index (χ3v) is 5.80. The van der Waals surface area contributed by atoms with Crippen molar-refractivity contribution in [2.24, 2.45) is 4.99 Å². The van der Waals surface area contributed by atoms with Crippen molar-refractivity contribution in [3.63, 3.8) is 0 Å². The van der Waals surface area contributed by atoms with E-state index in [1.807, 2.05) is 54.6 Å². The molecule has 2 amide bonds. The molecule has 1 aliphatic carbocycles. The fourth-order valence-electron chi connectivity index (χ4n) is 4.15. The van der Waals surface area contributed by atoms with Crippen molar-refractivity contribution in [1.82, 2.24) is 10.7 Å². The lowest BCUT2D eigenvalue weighted by Crippen LogP contribution is -2.59. The maximum Gasteiger partial charge on any atom is 0.288 e. The minimum absolute atomic E-state index is 0.144. The molecule has 0 saturated heterocycles. The van der Waals surface area contributed by atoms with E-state index in [-0.39, 0.29) is 17.6 Å². The Morgan fingerprint density at radius 1 is 1.13 bits per heavy atom. The lowest BCUT2D eigenvalue weighted by Gasteiger charge is -2.34. The number of amides is 2. The van der Waals surface area contributed by atoms with Gasteiger partial charge >= 0.3 is 0 Å². The number of anilines is 1. The molecule has 30 heavy (non-hydrogen) atoms. The zero-order valence-electron chi connectivity index (χ0n) is 17.2. The minimum atomic E-state index is -0.646. The molecule has 4 rings (SSSR count). The van der Waals surface area contributed by atoms with Crippen LogP contribution in [-0.2, 0) is 15.1 Å². The van der Waals surface area contributed by atoms with Gasteiger partial charge in [0, 0.05) is 0 Å². The molecule has 1 atom stereocenters. The number of ether oxygens (including phenoxy) is 1. The molecule has 1 heterocycles. The molecule has 0 aromatic heterocycles. The van der Waals surface area contributed by atoms with Gasteiger partial charge < -0.3 is 10.1 Å². The summed E-state index contributed by atoms with van der Waals surface area (Å²) >= 11 is 0. The second kappa shape index (κ2) is 8.18. The molecule has 0 bridgehead atoms. The highest BCUT2D eigenvalue weighted by Gasteiger charge is 2.39. The van der Waals surface area contributed by atoms with Crippen LogP contribution in [-0.4, -0.2) is 30.8 Å². The van der Waals surface area contributed by atoms with Gasteiger partial charge in [-0.05, 0) is 49.6 Å². The number of hydrazine groups is 1. The number of para-hydroxylation sites is 1. The number of hydrogen-bond acceptors (Lipinski definition) is 5. The summed E-state index contributed by atoms with van der Waals surface area (Å²) in [5, 5.41) is 4.60. The molecular formula is C23H26N4O3. The maximum atomic E-state index is 13.2. The van der Waals surface area contributed by atoms with Crippen LogP contribution in [0.25, 0.3) is 0 Å². The molecule has 1 saturated carbocycles. The maximum absolute atomic E-state index is 13.2. The van der Waals surface area contributed by atoms with E-state index >= 15 is 0 Å². The summed E-state index contributed by atoms with van der Waals surface area (Å²) in [6.45, 7) is 1.70. The topological polar surface area (TPSA) is 83.0 Å². The summed E-state index contributed by atoms with van der Waals surface area (Å²) in [5.74, 6) is 0.407. The average Bonchev–Trinajstić information content (AvgIpc) is 3.25. The molecule has 2 aromatic rings. The van der Waals surface area contributed by atoms with Crippen LogP contribution in [0.5, 0.6) is 5.75 Å². The molecule has 1 fully saturated rings. The normalized spacial score (nSPS) is 20.3. The highest BCUT2D eigenvalue weighted by Crippen LogP contribution is 2.39. The van der Waals surface area contributed by atoms with Crippen molar-refractivity contribution in [1.29, 1.82) is 0 Å². The van der Waals surface area contributed by atoms with Crippen LogP contribution in [0.1, 0.15) is 38.2 Å². The number of nitrogens with zero attached hydrogens (tertiary/aromatic N) is 2. The number of benzene rings is 2. The quantitative estimate of drug-likeness (QED) is 0.800. The summed E-state index contributed by atoms with van der Waals surface area (Å²) in [6, 6.07) is 16.4. The van der Waals surface area contributed by atoms with Crippen LogP contribution in [0.3, 0.4) is 0 Å². The Bertz CT molecular complexity index is 950. The van der Waals surface area contributed by atoms with Gasteiger partial charge in [-0.3, -0.25) is 15.0 Å². The Labute approximate surface area is 176 Å². The van der Waals surface area contributed by atoms with E-state index < -0.39 is 11.6 Å². The SMILES string of the molecule is COc1ccc(C2(NC(=O)C3=NC(C)C(=O)N(c4ccccc4)N3)CCCC2)cc1. The summed E-state index contributed by atoms with van der Waals surface area (Å²) in [6.07, 6.45) is 3.79. The van der Waals surface area contributed by atoms with Crippen LogP contribution in [0, 0.1) is 0 Å². The van der Waals surface area contributed by atoms with Crippen molar-refractivity contribution in [3.05, 3.63) is 60.2 Å². The Balaban J connectivity index is 1.58. The Hall–Kier alpha value is -3.35. The molecule has 1 unspecified atom stereocenters. The second-order valence-electron chi connectivity index (χ2n) is 7.75. The molecule has 156 valence electrons. The molecule has 0 radical (unpaired) electrons. The number of rotatable bonds is 5. The van der Waals surface area contributed by atoms with Crippen LogP contribution >= 0.6 is 0 Å². The highest BCUT2D eigenvalue weighted by molar-refractivity contribution is 6.39. The van der Waals surface area contributed by atoms with E-state index in [1.54, 1.807) is 14.0 Å². The third kappa shape index (κ3) is 3.75. The van der Waals surface area contributed by atoms with Crippen molar-refractivity contribution >= 4 is 23.3 Å². The van der Waals surface area contributed by atoms with E-state index in [2.05, 4.69) is 15.7 Å². The van der Waals surface area contributed by atoms with Crippen molar-refractivity contribution in [3.8, 4) is 5.75 Å². The third-order valence-electron chi connectivity index (χ3n) is 5.80. The second-order valence-corrected chi connectivity index (χ2v) is 7.75. The highest BCUT2D eigenvalue weighted by atomic mass is 16.5. The van der Waals surface area contributed by atoms with Gasteiger partial charge in [0.15, 0.2) is 0 Å². The van der Waals surface area contributed by atoms with Gasteiger partial charge in [-0.15, -0.1) is 0 Å². The smallest absolute Gasteiger partial charge is 0.288 e. The van der Waals surface area contributed by atoms with Crippen molar-refractivity contribution < 1.29 is 14.3 Å². The molecule has 2 aromatic carbocycles. The first-order chi connectivity index (χ1) is 14.5. The van der Waals surface area contributed by atoms with Gasteiger partial charge in [0.1, 0.15) is 11.8 Å². The standard InChI is InChI=1S/C23H26N4O3/c1-16-22(29)27(18-8-4-3-5-9-18)26-20(24-16)21(28)25-23(14-6-7-15-23)17-10-12-19(30-2)13-11-17/h3-5,8-13,16H,6-7,14-15H2,1-2H3,(H,24,26)(H,25,28). The van der Waals surface area contributed by atoms with Crippen LogP contribution in [0.4, 0.5) is 5.69 Å². The van der Waals surface area contributed by atoms with E-state index in [4.69, 9.17) is 4.74 Å². The zero-order valence-corrected chi connectivity index (χ0v) is 17.2. The summed E-state index contributed by atoms with van der Waals surface area (Å²) in [4.78, 5) is 30.1. The van der Waals surface area contributed by atoms with Gasteiger partial charge in [-0.1, -0.05) is 43.2 Å². The van der Waals surface area contributed by atoms with Gasteiger partial charge in [0.25, 0.3) is 11.8 Å². The van der Waals surface area contributed by atoms with E-state index in [0.717, 1.165) is 37.0 Å².